The predicted molar refractivity (Wildman–Crippen MR) is 63.1 cm³/mol. The number of aliphatic hydroxyl groups is 1. The molecule has 1 aliphatic heterocycles. The smallest absolute Gasteiger partial charge is 0.226 e. The van der Waals surface area contributed by atoms with Gasteiger partial charge in [-0.05, 0) is 55.8 Å². The van der Waals surface area contributed by atoms with Gasteiger partial charge in [0.15, 0.2) is 0 Å². The molecule has 1 amide bonds. The fraction of sp³-hybridized carbons (Fsp3) is 0.929. The summed E-state index contributed by atoms with van der Waals surface area (Å²) in [5, 5.41) is 9.32. The number of carbonyl (C=O) groups excluding carboxylic acids is 1. The third-order valence-corrected chi connectivity index (χ3v) is 5.69. The first-order valence-corrected chi connectivity index (χ1v) is 7.17. The Morgan fingerprint density at radius 1 is 0.941 bits per heavy atom. The summed E-state index contributed by atoms with van der Waals surface area (Å²) in [5.41, 5.74) is 0. The van der Waals surface area contributed by atoms with Crippen LogP contribution in [0.1, 0.15) is 32.1 Å². The van der Waals surface area contributed by atoms with Gasteiger partial charge in [-0.3, -0.25) is 4.79 Å². The van der Waals surface area contributed by atoms with Crippen molar-refractivity contribution < 1.29 is 9.90 Å². The monoisotopic (exact) mass is 235 g/mol. The maximum atomic E-state index is 12.5. The number of carbonyl (C=O) groups is 1. The van der Waals surface area contributed by atoms with Crippen LogP contribution in [0.4, 0.5) is 0 Å². The predicted octanol–water partition coefficient (Wildman–Crippen LogP) is 1.26. The van der Waals surface area contributed by atoms with Gasteiger partial charge >= 0.3 is 0 Å². The van der Waals surface area contributed by atoms with Gasteiger partial charge in [-0.25, -0.2) is 0 Å². The topological polar surface area (TPSA) is 40.5 Å². The molecule has 0 spiro atoms. The molecular weight excluding hydrogens is 214 g/mol. The van der Waals surface area contributed by atoms with E-state index in [0.717, 1.165) is 11.8 Å². The zero-order chi connectivity index (χ0) is 11.6. The lowest BCUT2D eigenvalue weighted by molar-refractivity contribution is -0.158. The maximum Gasteiger partial charge on any atom is 0.226 e. The van der Waals surface area contributed by atoms with Crippen molar-refractivity contribution in [2.75, 3.05) is 13.1 Å². The molecule has 4 bridgehead atoms. The summed E-state index contributed by atoms with van der Waals surface area (Å²) in [5.74, 6) is 3.90. The van der Waals surface area contributed by atoms with E-state index < -0.39 is 0 Å². The van der Waals surface area contributed by atoms with Gasteiger partial charge < -0.3 is 10.0 Å². The first-order chi connectivity index (χ1) is 8.20. The zero-order valence-corrected chi connectivity index (χ0v) is 10.2. The fourth-order valence-corrected chi connectivity index (χ4v) is 5.17. The molecule has 5 aliphatic rings. The van der Waals surface area contributed by atoms with E-state index in [9.17, 15) is 9.90 Å². The summed E-state index contributed by atoms with van der Waals surface area (Å²) in [4.78, 5) is 14.4. The van der Waals surface area contributed by atoms with Crippen LogP contribution < -0.4 is 0 Å². The van der Waals surface area contributed by atoms with Gasteiger partial charge in [0.25, 0.3) is 0 Å². The molecule has 0 aromatic heterocycles. The number of rotatable bonds is 1. The lowest BCUT2D eigenvalue weighted by atomic mass is 9.51. The maximum absolute atomic E-state index is 12.5. The van der Waals surface area contributed by atoms with Crippen molar-refractivity contribution in [2.24, 2.45) is 29.6 Å². The van der Waals surface area contributed by atoms with Crippen molar-refractivity contribution in [2.45, 2.75) is 38.2 Å². The van der Waals surface area contributed by atoms with Gasteiger partial charge in [0.05, 0.1) is 6.10 Å². The molecule has 4 saturated carbocycles. The fourth-order valence-electron chi connectivity index (χ4n) is 5.17. The van der Waals surface area contributed by atoms with Crippen molar-refractivity contribution >= 4 is 5.91 Å². The second-order valence-electron chi connectivity index (χ2n) is 6.85. The van der Waals surface area contributed by atoms with Crippen LogP contribution in [-0.4, -0.2) is 35.1 Å². The standard InChI is InChI=1S/C14H21NO2/c16-12-6-15(7-12)14(17)13-10-2-8-1-9(4-10)5-11(13)3-8/h8-13,16H,1-7H2. The number of aliphatic hydroxyl groups excluding tert-OH is 1. The molecule has 94 valence electrons. The molecule has 0 unspecified atom stereocenters. The number of hydrogen-bond acceptors (Lipinski definition) is 2. The molecule has 1 N–H and O–H groups in total. The highest BCUT2D eigenvalue weighted by Crippen LogP contribution is 2.56. The third-order valence-electron chi connectivity index (χ3n) is 5.69. The largest absolute Gasteiger partial charge is 0.389 e. The van der Waals surface area contributed by atoms with Gasteiger partial charge in [-0.15, -0.1) is 0 Å². The summed E-state index contributed by atoms with van der Waals surface area (Å²) in [6, 6.07) is 0. The van der Waals surface area contributed by atoms with Gasteiger partial charge in [0.2, 0.25) is 5.91 Å². The molecule has 3 nitrogen and oxygen atoms in total. The van der Waals surface area contributed by atoms with Crippen LogP contribution in [0, 0.1) is 29.6 Å². The first-order valence-electron chi connectivity index (χ1n) is 7.17. The van der Waals surface area contributed by atoms with Crippen molar-refractivity contribution in [1.29, 1.82) is 0 Å². The third kappa shape index (κ3) is 1.48. The highest BCUT2D eigenvalue weighted by molar-refractivity contribution is 5.80. The molecule has 3 heteroatoms. The minimum absolute atomic E-state index is 0.254. The van der Waals surface area contributed by atoms with Gasteiger partial charge in [0, 0.05) is 19.0 Å². The highest BCUT2D eigenvalue weighted by Gasteiger charge is 2.52. The molecule has 0 aromatic rings. The Bertz CT molecular complexity index is 320. The molecule has 1 heterocycles. The van der Waals surface area contributed by atoms with E-state index in [1.165, 1.54) is 32.1 Å². The number of hydrogen-bond donors (Lipinski definition) is 1. The van der Waals surface area contributed by atoms with Crippen LogP contribution in [0.25, 0.3) is 0 Å². The number of β-amino-alcohol motifs (C(OH)–C–C–N with tert-alkyl or cyclic N) is 1. The lowest BCUT2D eigenvalue weighted by Crippen LogP contribution is -2.59. The Labute approximate surface area is 102 Å². The Hall–Kier alpha value is -0.570. The summed E-state index contributed by atoms with van der Waals surface area (Å²) in [6.07, 6.45) is 6.41. The summed E-state index contributed by atoms with van der Waals surface area (Å²) in [6.45, 7) is 1.17. The minimum Gasteiger partial charge on any atom is -0.389 e. The average molecular weight is 235 g/mol. The number of amides is 1. The quantitative estimate of drug-likeness (QED) is 0.743. The van der Waals surface area contributed by atoms with E-state index in [2.05, 4.69) is 0 Å². The molecule has 4 aliphatic carbocycles. The van der Waals surface area contributed by atoms with E-state index in [0.29, 0.717) is 36.8 Å². The molecule has 0 atom stereocenters. The van der Waals surface area contributed by atoms with Crippen LogP contribution in [0.5, 0.6) is 0 Å². The molecule has 17 heavy (non-hydrogen) atoms. The van der Waals surface area contributed by atoms with Crippen LogP contribution >= 0.6 is 0 Å². The average Bonchev–Trinajstić information content (AvgIpc) is 2.23. The van der Waals surface area contributed by atoms with E-state index in [4.69, 9.17) is 0 Å². The summed E-state index contributed by atoms with van der Waals surface area (Å²) < 4.78 is 0. The Kier molecular flexibility index (Phi) is 2.11. The van der Waals surface area contributed by atoms with Crippen molar-refractivity contribution in [3.63, 3.8) is 0 Å². The van der Waals surface area contributed by atoms with Crippen LogP contribution in [0.2, 0.25) is 0 Å². The van der Waals surface area contributed by atoms with E-state index in [1.807, 2.05) is 4.90 Å². The van der Waals surface area contributed by atoms with Gasteiger partial charge in [-0.2, -0.15) is 0 Å². The normalized spacial score (nSPS) is 48.3. The van der Waals surface area contributed by atoms with Crippen molar-refractivity contribution in [3.8, 4) is 0 Å². The van der Waals surface area contributed by atoms with Crippen LogP contribution in [0.15, 0.2) is 0 Å². The van der Waals surface area contributed by atoms with Crippen LogP contribution in [0.3, 0.4) is 0 Å². The Morgan fingerprint density at radius 2 is 1.47 bits per heavy atom. The number of nitrogens with zero attached hydrogens (tertiary/aromatic N) is 1. The zero-order valence-electron chi connectivity index (χ0n) is 10.2. The lowest BCUT2D eigenvalue weighted by Gasteiger charge is -2.55. The molecule has 5 fully saturated rings. The SMILES string of the molecule is O=C(C1C2CC3CC(C2)CC1C3)N1CC(O)C1. The minimum atomic E-state index is -0.254. The van der Waals surface area contributed by atoms with Gasteiger partial charge in [0.1, 0.15) is 0 Å². The molecule has 1 saturated heterocycles. The van der Waals surface area contributed by atoms with E-state index in [-0.39, 0.29) is 6.10 Å². The highest BCUT2D eigenvalue weighted by atomic mass is 16.3. The second-order valence-corrected chi connectivity index (χ2v) is 6.85. The summed E-state index contributed by atoms with van der Waals surface area (Å²) >= 11 is 0. The van der Waals surface area contributed by atoms with Gasteiger partial charge in [-0.1, -0.05) is 0 Å². The molecule has 0 aromatic carbocycles. The number of likely N-dealkylation sites (tertiary alicyclic amines) is 1. The van der Waals surface area contributed by atoms with Crippen molar-refractivity contribution in [3.05, 3.63) is 0 Å². The van der Waals surface area contributed by atoms with E-state index in [1.54, 1.807) is 0 Å². The molecule has 5 rings (SSSR count). The second kappa shape index (κ2) is 3.47. The Morgan fingerprint density at radius 3 is 1.94 bits per heavy atom. The molecule has 0 radical (unpaired) electrons. The summed E-state index contributed by atoms with van der Waals surface area (Å²) in [7, 11) is 0. The Balaban J connectivity index is 1.52. The van der Waals surface area contributed by atoms with E-state index >= 15 is 0 Å². The first kappa shape index (κ1) is 10.4. The van der Waals surface area contributed by atoms with Crippen molar-refractivity contribution in [1.82, 2.24) is 4.90 Å². The molecular formula is C14H21NO2. The van der Waals surface area contributed by atoms with Crippen LogP contribution in [-0.2, 0) is 4.79 Å².